The van der Waals surface area contributed by atoms with Crippen LogP contribution in [0.4, 0.5) is 0 Å². The van der Waals surface area contributed by atoms with Crippen LogP contribution in [-0.2, 0) is 12.0 Å². The lowest BCUT2D eigenvalue weighted by molar-refractivity contribution is 0.478. The molecule has 0 radical (unpaired) electrons. The molecule has 0 atom stereocenters. The number of hydrogen-bond donors (Lipinski definition) is 0. The molecule has 0 spiro atoms. The molecule has 3 heteroatoms. The van der Waals surface area contributed by atoms with E-state index in [0.717, 1.165) is 11.4 Å². The van der Waals surface area contributed by atoms with Gasteiger partial charge in [0.05, 0.1) is 6.33 Å². The van der Waals surface area contributed by atoms with E-state index >= 15 is 0 Å². The van der Waals surface area contributed by atoms with Crippen molar-refractivity contribution < 1.29 is 0 Å². The molecule has 16 heavy (non-hydrogen) atoms. The highest BCUT2D eigenvalue weighted by molar-refractivity contribution is 6.30. The molecular formula is C13H13ClN2. The average Bonchev–Trinajstić information content (AvgIpc) is 2.86. The van der Waals surface area contributed by atoms with Gasteiger partial charge in [-0.05, 0) is 37.0 Å². The number of imidazole rings is 1. The Morgan fingerprint density at radius 2 is 2.00 bits per heavy atom. The second kappa shape index (κ2) is 3.63. The van der Waals surface area contributed by atoms with Gasteiger partial charge in [0, 0.05) is 23.0 Å². The van der Waals surface area contributed by atoms with Crippen molar-refractivity contribution in [1.82, 2.24) is 9.55 Å². The Hall–Kier alpha value is -1.28. The molecular weight excluding hydrogens is 220 g/mol. The normalized spacial score (nSPS) is 17.3. The molecule has 0 N–H and O–H groups in total. The summed E-state index contributed by atoms with van der Waals surface area (Å²) in [6.45, 7) is 0. The van der Waals surface area contributed by atoms with Crippen LogP contribution in [0.3, 0.4) is 0 Å². The summed E-state index contributed by atoms with van der Waals surface area (Å²) in [6.07, 6.45) is 9.38. The fourth-order valence-electron chi connectivity index (χ4n) is 2.19. The third-order valence-electron chi connectivity index (χ3n) is 3.33. The lowest BCUT2D eigenvalue weighted by Crippen LogP contribution is -2.18. The van der Waals surface area contributed by atoms with Crippen LogP contribution in [-0.4, -0.2) is 9.55 Å². The Kier molecular flexibility index (Phi) is 2.25. The second-order valence-corrected chi connectivity index (χ2v) is 4.93. The van der Waals surface area contributed by atoms with E-state index in [1.807, 2.05) is 24.7 Å². The predicted molar refractivity (Wildman–Crippen MR) is 64.6 cm³/mol. The second-order valence-electron chi connectivity index (χ2n) is 4.50. The third kappa shape index (κ3) is 1.74. The summed E-state index contributed by atoms with van der Waals surface area (Å²) in [6, 6.07) is 8.14. The Morgan fingerprint density at radius 1 is 1.25 bits per heavy atom. The summed E-state index contributed by atoms with van der Waals surface area (Å²) in [4.78, 5) is 4.13. The molecule has 3 rings (SSSR count). The van der Waals surface area contributed by atoms with E-state index < -0.39 is 0 Å². The summed E-state index contributed by atoms with van der Waals surface area (Å²) < 4.78 is 2.24. The van der Waals surface area contributed by atoms with Crippen molar-refractivity contribution in [3.05, 3.63) is 53.6 Å². The van der Waals surface area contributed by atoms with Crippen LogP contribution in [0.2, 0.25) is 5.02 Å². The first-order valence-electron chi connectivity index (χ1n) is 5.51. The van der Waals surface area contributed by atoms with E-state index in [9.17, 15) is 0 Å². The largest absolute Gasteiger partial charge is 0.331 e. The molecule has 82 valence electrons. The molecule has 1 aromatic carbocycles. The number of halogens is 1. The van der Waals surface area contributed by atoms with Gasteiger partial charge in [-0.2, -0.15) is 0 Å². The highest BCUT2D eigenvalue weighted by Gasteiger charge is 2.43. The summed E-state index contributed by atoms with van der Waals surface area (Å²) >= 11 is 5.88. The number of nitrogens with zero attached hydrogens (tertiary/aromatic N) is 2. The van der Waals surface area contributed by atoms with Crippen molar-refractivity contribution in [3.8, 4) is 0 Å². The number of rotatable bonds is 3. The van der Waals surface area contributed by atoms with Crippen LogP contribution in [0, 0.1) is 0 Å². The molecule has 2 aromatic rings. The molecule has 1 fully saturated rings. The molecule has 2 nitrogen and oxygen atoms in total. The Labute approximate surface area is 99.9 Å². The van der Waals surface area contributed by atoms with Crippen molar-refractivity contribution in [2.24, 2.45) is 0 Å². The molecule has 0 aliphatic heterocycles. The fourth-order valence-corrected chi connectivity index (χ4v) is 2.32. The lowest BCUT2D eigenvalue weighted by atomic mass is 10.0. The van der Waals surface area contributed by atoms with E-state index in [1.165, 1.54) is 18.4 Å². The van der Waals surface area contributed by atoms with Gasteiger partial charge >= 0.3 is 0 Å². The summed E-state index contributed by atoms with van der Waals surface area (Å²) in [5, 5.41) is 0.802. The lowest BCUT2D eigenvalue weighted by Gasteiger charge is -2.16. The maximum absolute atomic E-state index is 5.88. The van der Waals surface area contributed by atoms with E-state index in [4.69, 9.17) is 11.6 Å². The van der Waals surface area contributed by atoms with Crippen molar-refractivity contribution >= 4 is 11.6 Å². The summed E-state index contributed by atoms with van der Waals surface area (Å²) in [5.41, 5.74) is 1.63. The molecule has 1 aliphatic rings. The molecule has 1 saturated carbocycles. The molecule has 0 bridgehead atoms. The van der Waals surface area contributed by atoms with E-state index in [1.54, 1.807) is 0 Å². The first-order valence-corrected chi connectivity index (χ1v) is 5.89. The van der Waals surface area contributed by atoms with Gasteiger partial charge in [0.2, 0.25) is 0 Å². The molecule has 1 aromatic heterocycles. The zero-order valence-corrected chi connectivity index (χ0v) is 9.69. The number of hydrogen-bond acceptors (Lipinski definition) is 1. The van der Waals surface area contributed by atoms with Crippen molar-refractivity contribution in [2.75, 3.05) is 0 Å². The van der Waals surface area contributed by atoms with Crippen molar-refractivity contribution in [1.29, 1.82) is 0 Å². The van der Waals surface area contributed by atoms with Gasteiger partial charge in [-0.3, -0.25) is 0 Å². The minimum Gasteiger partial charge on any atom is -0.331 e. The van der Waals surface area contributed by atoms with Gasteiger partial charge in [-0.25, -0.2) is 4.98 Å². The van der Waals surface area contributed by atoms with Crippen molar-refractivity contribution in [3.63, 3.8) is 0 Å². The molecule has 0 saturated heterocycles. The van der Waals surface area contributed by atoms with Gasteiger partial charge in [0.15, 0.2) is 0 Å². The van der Waals surface area contributed by atoms with E-state index in [2.05, 4.69) is 27.9 Å². The zero-order valence-electron chi connectivity index (χ0n) is 8.94. The van der Waals surface area contributed by atoms with Crippen molar-refractivity contribution in [2.45, 2.75) is 24.8 Å². The van der Waals surface area contributed by atoms with Crippen LogP contribution in [0.5, 0.6) is 0 Å². The molecule has 1 heterocycles. The summed E-state index contributed by atoms with van der Waals surface area (Å²) in [7, 11) is 0. The van der Waals surface area contributed by atoms with Crippen LogP contribution in [0.15, 0.2) is 43.0 Å². The van der Waals surface area contributed by atoms with Gasteiger partial charge in [0.1, 0.15) is 0 Å². The van der Waals surface area contributed by atoms with Gasteiger partial charge in [0.25, 0.3) is 0 Å². The van der Waals surface area contributed by atoms with E-state index in [0.29, 0.717) is 0 Å². The molecule has 0 amide bonds. The van der Waals surface area contributed by atoms with Gasteiger partial charge in [-0.1, -0.05) is 23.7 Å². The average molecular weight is 233 g/mol. The quantitative estimate of drug-likeness (QED) is 0.794. The maximum atomic E-state index is 5.88. The molecule has 0 unspecified atom stereocenters. The Balaban J connectivity index is 1.82. The Bertz CT molecular complexity index is 469. The Morgan fingerprint density at radius 3 is 2.56 bits per heavy atom. The highest BCUT2D eigenvalue weighted by Crippen LogP contribution is 2.46. The predicted octanol–water partition coefficient (Wildman–Crippen LogP) is 3.27. The zero-order chi connectivity index (χ0) is 11.0. The minimum absolute atomic E-state index is 0.282. The van der Waals surface area contributed by atoms with Crippen LogP contribution in [0.25, 0.3) is 0 Å². The number of benzene rings is 1. The minimum atomic E-state index is 0.282. The highest BCUT2D eigenvalue weighted by atomic mass is 35.5. The first kappa shape index (κ1) is 9.91. The van der Waals surface area contributed by atoms with Gasteiger partial charge < -0.3 is 4.57 Å². The SMILES string of the molecule is Clc1ccc(CC2(n3ccnc3)CC2)cc1. The molecule has 1 aliphatic carbocycles. The summed E-state index contributed by atoms with van der Waals surface area (Å²) in [5.74, 6) is 0. The monoisotopic (exact) mass is 232 g/mol. The fraction of sp³-hybridized carbons (Fsp3) is 0.308. The van der Waals surface area contributed by atoms with Gasteiger partial charge in [-0.15, -0.1) is 0 Å². The van der Waals surface area contributed by atoms with Crippen LogP contribution >= 0.6 is 11.6 Å². The number of aromatic nitrogens is 2. The van der Waals surface area contributed by atoms with E-state index in [-0.39, 0.29) is 5.54 Å². The maximum Gasteiger partial charge on any atom is 0.0951 e. The first-order chi connectivity index (χ1) is 7.78. The third-order valence-corrected chi connectivity index (χ3v) is 3.58. The topological polar surface area (TPSA) is 17.8 Å². The standard InChI is InChI=1S/C13H13ClN2/c14-12-3-1-11(2-4-12)9-13(5-6-13)16-8-7-15-10-16/h1-4,7-8,10H,5-6,9H2. The van der Waals surface area contributed by atoms with Crippen LogP contribution in [0.1, 0.15) is 18.4 Å². The van der Waals surface area contributed by atoms with Crippen LogP contribution < -0.4 is 0 Å². The smallest absolute Gasteiger partial charge is 0.0951 e.